The van der Waals surface area contributed by atoms with Gasteiger partial charge in [0.1, 0.15) is 5.66 Å². The van der Waals surface area contributed by atoms with E-state index in [0.29, 0.717) is 23.0 Å². The van der Waals surface area contributed by atoms with E-state index in [1.165, 1.54) is 0 Å². The molecule has 24 heavy (non-hydrogen) atoms. The number of hydrogen-bond donors (Lipinski definition) is 2. The van der Waals surface area contributed by atoms with Crippen LogP contribution in [0.25, 0.3) is 0 Å². The maximum absolute atomic E-state index is 13.8. The van der Waals surface area contributed by atoms with Gasteiger partial charge in [-0.1, -0.05) is 6.42 Å². The normalized spacial score (nSPS) is 19.8. The molecule has 1 aliphatic carbocycles. The third-order valence-electron chi connectivity index (χ3n) is 4.31. The van der Waals surface area contributed by atoms with E-state index in [2.05, 4.69) is 25.9 Å². The van der Waals surface area contributed by atoms with Gasteiger partial charge in [0.2, 0.25) is 17.7 Å². The van der Waals surface area contributed by atoms with Crippen molar-refractivity contribution in [3.63, 3.8) is 0 Å². The van der Waals surface area contributed by atoms with Crippen LogP contribution in [0.15, 0.2) is 26.6 Å². The van der Waals surface area contributed by atoms with Gasteiger partial charge in [0.05, 0.1) is 10.6 Å². The predicted molar refractivity (Wildman–Crippen MR) is 92.3 cm³/mol. The van der Waals surface area contributed by atoms with E-state index in [-0.39, 0.29) is 11.9 Å². The molecule has 0 aromatic heterocycles. The summed E-state index contributed by atoms with van der Waals surface area (Å²) in [6.45, 7) is 0. The number of rotatable bonds is 2. The fourth-order valence-electron chi connectivity index (χ4n) is 3.31. The van der Waals surface area contributed by atoms with Crippen molar-refractivity contribution in [2.24, 2.45) is 21.5 Å². The van der Waals surface area contributed by atoms with Crippen molar-refractivity contribution in [1.82, 2.24) is 0 Å². The summed E-state index contributed by atoms with van der Waals surface area (Å²) in [4.78, 5) is 20.4. The van der Waals surface area contributed by atoms with Gasteiger partial charge in [-0.3, -0.25) is 15.0 Å². The first-order valence-electron chi connectivity index (χ1n) is 7.47. The van der Waals surface area contributed by atoms with E-state index in [9.17, 15) is 14.5 Å². The lowest BCUT2D eigenvalue weighted by atomic mass is 9.87. The molecule has 0 atom stereocenters. The Morgan fingerprint density at radius 2 is 1.96 bits per heavy atom. The molecule has 0 radical (unpaired) electrons. The Bertz CT molecular complexity index is 760. The highest BCUT2D eigenvalue weighted by atomic mass is 79.9. The fourth-order valence-corrected chi connectivity index (χ4v) is 3.80. The minimum atomic E-state index is -0.927. The molecule has 1 saturated carbocycles. The smallest absolute Gasteiger partial charge is 0.306 e. The first kappa shape index (κ1) is 16.6. The first-order chi connectivity index (χ1) is 11.3. The number of nitrogens with zero attached hydrogens (tertiary/aromatic N) is 4. The van der Waals surface area contributed by atoms with Crippen molar-refractivity contribution in [2.75, 3.05) is 4.90 Å². The lowest BCUT2D eigenvalue weighted by Gasteiger charge is -2.45. The van der Waals surface area contributed by atoms with Gasteiger partial charge in [0.25, 0.3) is 0 Å². The SMILES string of the molecule is NC1=NC2(CCCCC2)N(c2cc([N+](=O)[O-])c(F)cc2Br)C(N)=N1. The van der Waals surface area contributed by atoms with Crippen LogP contribution in [0.2, 0.25) is 0 Å². The quantitative estimate of drug-likeness (QED) is 0.585. The van der Waals surface area contributed by atoms with Gasteiger partial charge in [-0.2, -0.15) is 9.38 Å². The lowest BCUT2D eigenvalue weighted by molar-refractivity contribution is -0.387. The van der Waals surface area contributed by atoms with Crippen LogP contribution in [0.5, 0.6) is 0 Å². The number of nitro benzene ring substituents is 1. The van der Waals surface area contributed by atoms with E-state index in [1.54, 1.807) is 4.90 Å². The average molecular weight is 399 g/mol. The summed E-state index contributed by atoms with van der Waals surface area (Å²) in [5, 5.41) is 11.1. The first-order valence-corrected chi connectivity index (χ1v) is 8.26. The number of anilines is 1. The van der Waals surface area contributed by atoms with Gasteiger partial charge in [-0.15, -0.1) is 0 Å². The van der Waals surface area contributed by atoms with Gasteiger partial charge < -0.3 is 11.5 Å². The van der Waals surface area contributed by atoms with Crippen LogP contribution in [0.3, 0.4) is 0 Å². The van der Waals surface area contributed by atoms with Crippen LogP contribution >= 0.6 is 15.9 Å². The third-order valence-corrected chi connectivity index (χ3v) is 4.94. The molecular weight excluding hydrogens is 383 g/mol. The fraction of sp³-hybridized carbons (Fsp3) is 0.429. The molecular formula is C14H16BrFN6O2. The van der Waals surface area contributed by atoms with Crippen molar-refractivity contribution >= 4 is 39.2 Å². The van der Waals surface area contributed by atoms with Gasteiger partial charge in [0, 0.05) is 10.5 Å². The molecule has 1 aromatic rings. The van der Waals surface area contributed by atoms with Gasteiger partial charge in [0.15, 0.2) is 0 Å². The molecule has 1 spiro atoms. The Balaban J connectivity index is 2.17. The zero-order chi connectivity index (χ0) is 17.5. The van der Waals surface area contributed by atoms with Gasteiger partial charge in [-0.05, 0) is 47.7 Å². The molecule has 128 valence electrons. The van der Waals surface area contributed by atoms with Gasteiger partial charge >= 0.3 is 5.69 Å². The van der Waals surface area contributed by atoms with Crippen LogP contribution in [-0.4, -0.2) is 22.5 Å². The summed E-state index contributed by atoms with van der Waals surface area (Å²) < 4.78 is 14.2. The Kier molecular flexibility index (Phi) is 4.16. The third kappa shape index (κ3) is 2.70. The molecule has 4 N–H and O–H groups in total. The lowest BCUT2D eigenvalue weighted by Crippen LogP contribution is -2.58. The van der Waals surface area contributed by atoms with E-state index in [1.807, 2.05) is 0 Å². The zero-order valence-corrected chi connectivity index (χ0v) is 14.3. The highest BCUT2D eigenvalue weighted by molar-refractivity contribution is 9.10. The Morgan fingerprint density at radius 3 is 2.58 bits per heavy atom. The van der Waals surface area contributed by atoms with E-state index < -0.39 is 22.1 Å². The Labute approximate surface area is 145 Å². The topological polar surface area (TPSA) is 123 Å². The zero-order valence-electron chi connectivity index (χ0n) is 12.7. The highest BCUT2D eigenvalue weighted by Crippen LogP contribution is 2.43. The summed E-state index contributed by atoms with van der Waals surface area (Å²) >= 11 is 3.26. The van der Waals surface area contributed by atoms with Crippen molar-refractivity contribution in [1.29, 1.82) is 0 Å². The number of nitro groups is 1. The van der Waals surface area contributed by atoms with Crippen LogP contribution < -0.4 is 16.4 Å². The van der Waals surface area contributed by atoms with Crippen LogP contribution in [0.1, 0.15) is 32.1 Å². The minimum absolute atomic E-state index is 0.0818. The van der Waals surface area contributed by atoms with Crippen molar-refractivity contribution in [2.45, 2.75) is 37.8 Å². The molecule has 1 heterocycles. The number of aliphatic imine (C=N–C) groups is 2. The molecule has 2 aliphatic rings. The summed E-state index contributed by atoms with van der Waals surface area (Å²) in [7, 11) is 0. The van der Waals surface area contributed by atoms with E-state index >= 15 is 0 Å². The summed E-state index contributed by atoms with van der Waals surface area (Å²) in [5.74, 6) is -0.756. The number of hydrogen-bond acceptors (Lipinski definition) is 7. The van der Waals surface area contributed by atoms with E-state index in [4.69, 9.17) is 11.5 Å². The highest BCUT2D eigenvalue weighted by Gasteiger charge is 2.43. The standard InChI is InChI=1S/C14H16BrFN6O2/c15-8-6-9(16)11(22(23)24)7-10(8)21-13(18)19-12(17)20-14(21)4-2-1-3-5-14/h6-7H,1-5H2,(H4,17,18,19,20). The average Bonchev–Trinajstić information content (AvgIpc) is 2.49. The van der Waals surface area contributed by atoms with Crippen molar-refractivity contribution in [3.8, 4) is 0 Å². The van der Waals surface area contributed by atoms with Crippen molar-refractivity contribution in [3.05, 3.63) is 32.5 Å². The van der Waals surface area contributed by atoms with Crippen LogP contribution in [0, 0.1) is 15.9 Å². The van der Waals surface area contributed by atoms with Crippen molar-refractivity contribution < 1.29 is 9.31 Å². The van der Waals surface area contributed by atoms with Gasteiger partial charge in [-0.25, -0.2) is 4.99 Å². The largest absolute Gasteiger partial charge is 0.369 e. The molecule has 0 saturated heterocycles. The molecule has 1 aromatic carbocycles. The predicted octanol–water partition coefficient (Wildman–Crippen LogP) is 2.61. The molecule has 0 unspecified atom stereocenters. The molecule has 3 rings (SSSR count). The number of nitrogens with two attached hydrogens (primary N) is 2. The minimum Gasteiger partial charge on any atom is -0.369 e. The molecule has 0 amide bonds. The molecule has 0 bridgehead atoms. The second-order valence-electron chi connectivity index (χ2n) is 5.83. The van der Waals surface area contributed by atoms with E-state index in [0.717, 1.165) is 31.4 Å². The number of benzene rings is 1. The maximum Gasteiger partial charge on any atom is 0.306 e. The Morgan fingerprint density at radius 1 is 1.29 bits per heavy atom. The maximum atomic E-state index is 13.8. The molecule has 10 heteroatoms. The number of halogens is 2. The summed E-state index contributed by atoms with van der Waals surface area (Å²) in [5.41, 5.74) is 10.8. The molecule has 8 nitrogen and oxygen atoms in total. The number of guanidine groups is 2. The molecule has 1 aliphatic heterocycles. The second-order valence-corrected chi connectivity index (χ2v) is 6.69. The second kappa shape index (κ2) is 6.00. The van der Waals surface area contributed by atoms with Crippen LogP contribution in [-0.2, 0) is 0 Å². The monoisotopic (exact) mass is 398 g/mol. The summed E-state index contributed by atoms with van der Waals surface area (Å²) in [6.07, 6.45) is 4.26. The molecule has 1 fully saturated rings. The van der Waals surface area contributed by atoms with Crippen LogP contribution in [0.4, 0.5) is 15.8 Å². The Hall–Kier alpha value is -2.23. The summed E-state index contributed by atoms with van der Waals surface area (Å²) in [6, 6.07) is 2.20.